The lowest BCUT2D eigenvalue weighted by Gasteiger charge is -2.11. The Bertz CT molecular complexity index is 395. The number of carbonyl (C=O) groups excluding carboxylic acids is 1. The average Bonchev–Trinajstić information content (AvgIpc) is 2.29. The summed E-state index contributed by atoms with van der Waals surface area (Å²) in [6.45, 7) is 4.22. The van der Waals surface area contributed by atoms with E-state index in [1.165, 1.54) is 12.1 Å². The number of halogens is 2. The number of benzene rings is 1. The van der Waals surface area contributed by atoms with Crippen molar-refractivity contribution in [3.8, 4) is 0 Å². The summed E-state index contributed by atoms with van der Waals surface area (Å²) >= 11 is 5.99. The lowest BCUT2D eigenvalue weighted by atomic mass is 10.1. The van der Waals surface area contributed by atoms with Gasteiger partial charge in [-0.2, -0.15) is 0 Å². The number of rotatable bonds is 5. The number of amides is 1. The van der Waals surface area contributed by atoms with E-state index in [4.69, 9.17) is 11.6 Å². The van der Waals surface area contributed by atoms with Crippen LogP contribution in [0.3, 0.4) is 0 Å². The van der Waals surface area contributed by atoms with Crippen LogP contribution >= 0.6 is 11.6 Å². The minimum atomic E-state index is -0.406. The molecule has 1 amide bonds. The maximum Gasteiger partial charge on any atom is 0.251 e. The smallest absolute Gasteiger partial charge is 0.251 e. The molecular weight excluding hydrogens is 241 g/mol. The van der Waals surface area contributed by atoms with Gasteiger partial charge in [-0.1, -0.05) is 19.4 Å². The molecule has 1 atom stereocenters. The topological polar surface area (TPSA) is 29.1 Å². The Balaban J connectivity index is 2.61. The number of carbonyl (C=O) groups is 1. The molecule has 1 N–H and O–H groups in total. The lowest BCUT2D eigenvalue weighted by Crippen LogP contribution is -2.30. The van der Waals surface area contributed by atoms with Gasteiger partial charge in [0.05, 0.1) is 5.38 Å². The number of aryl methyl sites for hydroxylation is 1. The molecule has 0 heterocycles. The van der Waals surface area contributed by atoms with Crippen molar-refractivity contribution in [2.24, 2.45) is 0 Å². The summed E-state index contributed by atoms with van der Waals surface area (Å²) in [5, 5.41) is 2.64. The zero-order chi connectivity index (χ0) is 12.8. The van der Waals surface area contributed by atoms with Crippen molar-refractivity contribution in [2.45, 2.75) is 32.1 Å². The van der Waals surface area contributed by atoms with Crippen LogP contribution in [0.5, 0.6) is 0 Å². The lowest BCUT2D eigenvalue weighted by molar-refractivity contribution is 0.0952. The van der Waals surface area contributed by atoms with Gasteiger partial charge in [0.1, 0.15) is 5.82 Å². The summed E-state index contributed by atoms with van der Waals surface area (Å²) in [6.07, 6.45) is 1.83. The molecule has 1 aromatic rings. The maximum absolute atomic E-state index is 13.0. The van der Waals surface area contributed by atoms with Crippen LogP contribution in [-0.2, 0) is 0 Å². The van der Waals surface area contributed by atoms with E-state index in [0.29, 0.717) is 12.1 Å². The molecule has 0 aliphatic heterocycles. The maximum atomic E-state index is 13.0. The van der Waals surface area contributed by atoms with Gasteiger partial charge < -0.3 is 5.32 Å². The molecule has 0 saturated heterocycles. The second-order valence-corrected chi connectivity index (χ2v) is 4.67. The Morgan fingerprint density at radius 1 is 1.53 bits per heavy atom. The largest absolute Gasteiger partial charge is 0.351 e. The highest BCUT2D eigenvalue weighted by atomic mass is 35.5. The molecule has 2 nitrogen and oxygen atoms in total. The number of nitrogens with one attached hydrogen (secondary N) is 1. The van der Waals surface area contributed by atoms with Gasteiger partial charge in [0.25, 0.3) is 5.91 Å². The molecule has 0 aromatic heterocycles. The second kappa shape index (κ2) is 6.60. The van der Waals surface area contributed by atoms with E-state index in [1.54, 1.807) is 13.0 Å². The molecule has 0 aliphatic carbocycles. The molecule has 0 spiro atoms. The molecule has 0 saturated carbocycles. The van der Waals surface area contributed by atoms with Gasteiger partial charge >= 0.3 is 0 Å². The number of alkyl halides is 1. The highest BCUT2D eigenvalue weighted by Crippen LogP contribution is 2.10. The van der Waals surface area contributed by atoms with Crippen molar-refractivity contribution in [3.05, 3.63) is 35.1 Å². The van der Waals surface area contributed by atoms with E-state index in [1.807, 2.05) is 6.92 Å². The van der Waals surface area contributed by atoms with E-state index >= 15 is 0 Å². The van der Waals surface area contributed by atoms with Gasteiger partial charge in [-0.15, -0.1) is 11.6 Å². The molecule has 17 heavy (non-hydrogen) atoms. The Kier molecular flexibility index (Phi) is 5.42. The summed E-state index contributed by atoms with van der Waals surface area (Å²) in [5.41, 5.74) is 1.12. The van der Waals surface area contributed by atoms with Gasteiger partial charge in [-0.05, 0) is 31.0 Å². The molecule has 1 aromatic carbocycles. The van der Waals surface area contributed by atoms with Crippen molar-refractivity contribution in [2.75, 3.05) is 6.54 Å². The van der Waals surface area contributed by atoms with Crippen LogP contribution in [0.25, 0.3) is 0 Å². The van der Waals surface area contributed by atoms with Crippen molar-refractivity contribution >= 4 is 17.5 Å². The third-order valence-corrected chi connectivity index (χ3v) is 2.90. The fraction of sp³-hybridized carbons (Fsp3) is 0.462. The van der Waals surface area contributed by atoms with Crippen LogP contribution in [0.1, 0.15) is 35.7 Å². The fourth-order valence-electron chi connectivity index (χ4n) is 1.55. The Hall–Kier alpha value is -1.09. The minimum absolute atomic E-state index is 0.0715. The zero-order valence-electron chi connectivity index (χ0n) is 10.1. The SMILES string of the molecule is CCCC(Cl)CNC(=O)c1cc(F)ccc1C. The summed E-state index contributed by atoms with van der Waals surface area (Å²) in [5.74, 6) is -0.680. The third kappa shape index (κ3) is 4.35. The van der Waals surface area contributed by atoms with Gasteiger partial charge in [0.2, 0.25) is 0 Å². The Morgan fingerprint density at radius 2 is 2.24 bits per heavy atom. The van der Waals surface area contributed by atoms with Crippen molar-refractivity contribution in [3.63, 3.8) is 0 Å². The highest BCUT2D eigenvalue weighted by molar-refractivity contribution is 6.20. The zero-order valence-corrected chi connectivity index (χ0v) is 10.9. The normalized spacial score (nSPS) is 12.2. The summed E-state index contributed by atoms with van der Waals surface area (Å²) in [4.78, 5) is 11.8. The predicted molar refractivity (Wildman–Crippen MR) is 68.0 cm³/mol. The van der Waals surface area contributed by atoms with Crippen LogP contribution < -0.4 is 5.32 Å². The van der Waals surface area contributed by atoms with Crippen molar-refractivity contribution in [1.29, 1.82) is 0 Å². The van der Waals surface area contributed by atoms with Gasteiger partial charge in [-0.25, -0.2) is 4.39 Å². The molecular formula is C13H17ClFNO. The molecule has 1 unspecified atom stereocenters. The van der Waals surface area contributed by atoms with Crippen LogP contribution in [-0.4, -0.2) is 17.8 Å². The van der Waals surface area contributed by atoms with Crippen LogP contribution in [0.15, 0.2) is 18.2 Å². The monoisotopic (exact) mass is 257 g/mol. The molecule has 0 fully saturated rings. The van der Waals surface area contributed by atoms with Gasteiger partial charge in [-0.3, -0.25) is 4.79 Å². The van der Waals surface area contributed by atoms with E-state index in [-0.39, 0.29) is 11.3 Å². The molecule has 0 bridgehead atoms. The Morgan fingerprint density at radius 3 is 2.88 bits per heavy atom. The number of hydrogen-bond acceptors (Lipinski definition) is 1. The Labute approximate surface area is 106 Å². The number of hydrogen-bond donors (Lipinski definition) is 1. The van der Waals surface area contributed by atoms with Crippen LogP contribution in [0, 0.1) is 12.7 Å². The quantitative estimate of drug-likeness (QED) is 0.806. The third-order valence-electron chi connectivity index (χ3n) is 2.53. The van der Waals surface area contributed by atoms with Gasteiger partial charge in [0, 0.05) is 12.1 Å². The first-order chi connectivity index (χ1) is 8.04. The molecule has 1 rings (SSSR count). The van der Waals surface area contributed by atoms with E-state index in [9.17, 15) is 9.18 Å². The first kappa shape index (κ1) is 14.0. The minimum Gasteiger partial charge on any atom is -0.351 e. The van der Waals surface area contributed by atoms with E-state index in [2.05, 4.69) is 5.32 Å². The van der Waals surface area contributed by atoms with E-state index < -0.39 is 5.82 Å². The van der Waals surface area contributed by atoms with Crippen LogP contribution in [0.4, 0.5) is 4.39 Å². The first-order valence-electron chi connectivity index (χ1n) is 5.73. The molecule has 94 valence electrons. The summed E-state index contributed by atoms with van der Waals surface area (Å²) in [7, 11) is 0. The molecule has 0 aliphatic rings. The first-order valence-corrected chi connectivity index (χ1v) is 6.16. The molecule has 0 radical (unpaired) electrons. The summed E-state index contributed by atoms with van der Waals surface area (Å²) in [6, 6.07) is 4.18. The van der Waals surface area contributed by atoms with E-state index in [0.717, 1.165) is 18.4 Å². The highest BCUT2D eigenvalue weighted by Gasteiger charge is 2.11. The molecule has 4 heteroatoms. The van der Waals surface area contributed by atoms with Gasteiger partial charge in [0.15, 0.2) is 0 Å². The van der Waals surface area contributed by atoms with Crippen molar-refractivity contribution in [1.82, 2.24) is 5.32 Å². The van der Waals surface area contributed by atoms with Crippen molar-refractivity contribution < 1.29 is 9.18 Å². The fourth-order valence-corrected chi connectivity index (χ4v) is 1.85. The summed E-state index contributed by atoms with van der Waals surface area (Å²) < 4.78 is 13.0. The van der Waals surface area contributed by atoms with Crippen LogP contribution in [0.2, 0.25) is 0 Å². The predicted octanol–water partition coefficient (Wildman–Crippen LogP) is 3.27. The standard InChI is InChI=1S/C13H17ClFNO/c1-3-4-10(14)8-16-13(17)12-7-11(15)6-5-9(12)2/h5-7,10H,3-4,8H2,1-2H3,(H,16,17). The average molecular weight is 258 g/mol. The second-order valence-electron chi connectivity index (χ2n) is 4.06.